The van der Waals surface area contributed by atoms with Crippen LogP contribution >= 0.6 is 0 Å². The fourth-order valence-electron chi connectivity index (χ4n) is 4.49. The minimum atomic E-state index is 0.461. The van der Waals surface area contributed by atoms with Crippen LogP contribution in [0.4, 0.5) is 0 Å². The molecule has 3 rings (SSSR count). The molecular weight excluding hydrogens is 232 g/mol. The summed E-state index contributed by atoms with van der Waals surface area (Å²) in [4.78, 5) is 2.90. The Morgan fingerprint density at radius 2 is 1.74 bits per heavy atom. The van der Waals surface area contributed by atoms with Crippen LogP contribution in [0.15, 0.2) is 0 Å². The smallest absolute Gasteiger partial charge is 0.0309 e. The Kier molecular flexibility index (Phi) is 3.46. The molecule has 0 bridgehead atoms. The fraction of sp³-hybridized carbons (Fsp3) is 1.00. The molecule has 2 atom stereocenters. The van der Waals surface area contributed by atoms with Gasteiger partial charge in [-0.1, -0.05) is 47.0 Å². The first-order chi connectivity index (χ1) is 8.94. The highest BCUT2D eigenvalue weighted by Crippen LogP contribution is 2.51. The van der Waals surface area contributed by atoms with Gasteiger partial charge in [0.15, 0.2) is 0 Å². The van der Waals surface area contributed by atoms with Gasteiger partial charge in [-0.05, 0) is 30.6 Å². The van der Waals surface area contributed by atoms with Crippen LogP contribution in [-0.2, 0) is 0 Å². The molecular formula is C17H32N2. The topological polar surface area (TPSA) is 15.3 Å². The molecule has 2 saturated carbocycles. The van der Waals surface area contributed by atoms with Gasteiger partial charge >= 0.3 is 0 Å². The van der Waals surface area contributed by atoms with Crippen molar-refractivity contribution >= 4 is 0 Å². The normalized spacial score (nSPS) is 37.7. The van der Waals surface area contributed by atoms with E-state index in [0.717, 1.165) is 18.0 Å². The number of piperazine rings is 1. The quantitative estimate of drug-likeness (QED) is 0.822. The predicted molar refractivity (Wildman–Crippen MR) is 81.3 cm³/mol. The number of hydrogen-bond acceptors (Lipinski definition) is 2. The first-order valence-electron chi connectivity index (χ1n) is 8.44. The van der Waals surface area contributed by atoms with Crippen LogP contribution in [0.5, 0.6) is 0 Å². The summed E-state index contributed by atoms with van der Waals surface area (Å²) in [6, 6.07) is 1.60. The van der Waals surface area contributed by atoms with E-state index >= 15 is 0 Å². The van der Waals surface area contributed by atoms with Crippen molar-refractivity contribution in [2.45, 2.75) is 83.8 Å². The maximum absolute atomic E-state index is 3.96. The molecule has 1 spiro atoms. The highest BCUT2D eigenvalue weighted by molar-refractivity contribution is 5.10. The molecule has 1 heterocycles. The van der Waals surface area contributed by atoms with Gasteiger partial charge in [0.05, 0.1) is 0 Å². The lowest BCUT2D eigenvalue weighted by molar-refractivity contribution is 0.0231. The van der Waals surface area contributed by atoms with E-state index in [0.29, 0.717) is 11.0 Å². The van der Waals surface area contributed by atoms with Gasteiger partial charge in [0.2, 0.25) is 0 Å². The summed E-state index contributed by atoms with van der Waals surface area (Å²) in [5.41, 5.74) is 1.03. The highest BCUT2D eigenvalue weighted by atomic mass is 15.3. The van der Waals surface area contributed by atoms with Gasteiger partial charge in [0, 0.05) is 30.7 Å². The Morgan fingerprint density at radius 1 is 1.11 bits per heavy atom. The zero-order valence-corrected chi connectivity index (χ0v) is 13.3. The number of rotatable bonds is 2. The summed E-state index contributed by atoms with van der Waals surface area (Å²) >= 11 is 0. The van der Waals surface area contributed by atoms with E-state index in [9.17, 15) is 0 Å². The fourth-order valence-corrected chi connectivity index (χ4v) is 4.49. The van der Waals surface area contributed by atoms with Crippen LogP contribution in [0.3, 0.4) is 0 Å². The predicted octanol–water partition coefficient (Wildman–Crippen LogP) is 3.42. The van der Waals surface area contributed by atoms with E-state index in [4.69, 9.17) is 0 Å². The summed E-state index contributed by atoms with van der Waals surface area (Å²) < 4.78 is 0. The van der Waals surface area contributed by atoms with Gasteiger partial charge in [-0.25, -0.2) is 0 Å². The van der Waals surface area contributed by atoms with Crippen molar-refractivity contribution in [3.63, 3.8) is 0 Å². The molecule has 110 valence electrons. The number of hydrogen-bond donors (Lipinski definition) is 1. The van der Waals surface area contributed by atoms with Gasteiger partial charge in [-0.15, -0.1) is 0 Å². The van der Waals surface area contributed by atoms with Crippen molar-refractivity contribution in [2.24, 2.45) is 11.3 Å². The lowest BCUT2D eigenvalue weighted by Gasteiger charge is -2.51. The largest absolute Gasteiger partial charge is 0.308 e. The van der Waals surface area contributed by atoms with Gasteiger partial charge in [0.25, 0.3) is 0 Å². The standard InChI is InChI=1S/C17H32N2/c1-13(2)14-11-18-17(8-6-5-7-9-17)12-19(14)15-10-16(15,3)4/h13-15,18H,5-12H2,1-4H3. The molecule has 2 heteroatoms. The van der Waals surface area contributed by atoms with E-state index < -0.39 is 0 Å². The van der Waals surface area contributed by atoms with Crippen LogP contribution in [0.2, 0.25) is 0 Å². The molecule has 3 aliphatic rings. The summed E-state index contributed by atoms with van der Waals surface area (Å²) in [6.07, 6.45) is 8.53. The van der Waals surface area contributed by atoms with Crippen molar-refractivity contribution in [2.75, 3.05) is 13.1 Å². The minimum Gasteiger partial charge on any atom is -0.308 e. The zero-order chi connectivity index (χ0) is 13.7. The second-order valence-corrected chi connectivity index (χ2v) is 8.41. The molecule has 2 unspecified atom stereocenters. The molecule has 1 saturated heterocycles. The van der Waals surface area contributed by atoms with E-state index in [1.807, 2.05) is 0 Å². The Morgan fingerprint density at radius 3 is 2.26 bits per heavy atom. The Bertz CT molecular complexity index is 328. The SMILES string of the molecule is CC(C)C1CNC2(CCCCC2)CN1C1CC1(C)C. The molecule has 1 aliphatic heterocycles. The van der Waals surface area contributed by atoms with Crippen LogP contribution in [-0.4, -0.2) is 35.6 Å². The van der Waals surface area contributed by atoms with E-state index in [1.165, 1.54) is 51.6 Å². The highest BCUT2D eigenvalue weighted by Gasteiger charge is 2.54. The van der Waals surface area contributed by atoms with Gasteiger partial charge in [-0.2, -0.15) is 0 Å². The molecule has 2 aliphatic carbocycles. The summed E-state index contributed by atoms with van der Waals surface area (Å²) in [5.74, 6) is 0.768. The van der Waals surface area contributed by atoms with Crippen molar-refractivity contribution in [1.82, 2.24) is 10.2 Å². The van der Waals surface area contributed by atoms with Crippen LogP contribution in [0, 0.1) is 11.3 Å². The molecule has 0 aromatic rings. The van der Waals surface area contributed by atoms with Gasteiger partial charge in [0.1, 0.15) is 0 Å². The molecule has 0 amide bonds. The Hall–Kier alpha value is -0.0800. The average Bonchev–Trinajstić information content (AvgIpc) is 2.99. The summed E-state index contributed by atoms with van der Waals surface area (Å²) in [7, 11) is 0. The Labute approximate surface area is 119 Å². The lowest BCUT2D eigenvalue weighted by Crippen LogP contribution is -2.66. The molecule has 19 heavy (non-hydrogen) atoms. The molecule has 0 aromatic carbocycles. The van der Waals surface area contributed by atoms with Crippen molar-refractivity contribution < 1.29 is 0 Å². The van der Waals surface area contributed by atoms with Crippen LogP contribution < -0.4 is 5.32 Å². The van der Waals surface area contributed by atoms with Crippen molar-refractivity contribution in [3.8, 4) is 0 Å². The molecule has 0 radical (unpaired) electrons. The van der Waals surface area contributed by atoms with E-state index in [1.54, 1.807) is 0 Å². The maximum atomic E-state index is 3.96. The second-order valence-electron chi connectivity index (χ2n) is 8.41. The van der Waals surface area contributed by atoms with Crippen molar-refractivity contribution in [3.05, 3.63) is 0 Å². The minimum absolute atomic E-state index is 0.461. The molecule has 1 N–H and O–H groups in total. The van der Waals surface area contributed by atoms with Crippen molar-refractivity contribution in [1.29, 1.82) is 0 Å². The van der Waals surface area contributed by atoms with Crippen LogP contribution in [0.25, 0.3) is 0 Å². The van der Waals surface area contributed by atoms with E-state index in [2.05, 4.69) is 37.9 Å². The number of nitrogens with one attached hydrogen (secondary N) is 1. The first-order valence-corrected chi connectivity index (χ1v) is 8.44. The summed E-state index contributed by atoms with van der Waals surface area (Å²) in [6.45, 7) is 12.2. The third kappa shape index (κ3) is 2.58. The third-order valence-corrected chi connectivity index (χ3v) is 6.04. The third-order valence-electron chi connectivity index (χ3n) is 6.04. The average molecular weight is 264 g/mol. The first kappa shape index (κ1) is 13.9. The molecule has 3 fully saturated rings. The van der Waals surface area contributed by atoms with E-state index in [-0.39, 0.29) is 0 Å². The van der Waals surface area contributed by atoms with Crippen LogP contribution in [0.1, 0.15) is 66.2 Å². The monoisotopic (exact) mass is 264 g/mol. The lowest BCUT2D eigenvalue weighted by atomic mass is 9.78. The second kappa shape index (κ2) is 4.73. The number of nitrogens with zero attached hydrogens (tertiary/aromatic N) is 1. The molecule has 2 nitrogen and oxygen atoms in total. The van der Waals surface area contributed by atoms with Gasteiger partial charge < -0.3 is 5.32 Å². The Balaban J connectivity index is 1.75. The maximum Gasteiger partial charge on any atom is 0.0309 e. The summed E-state index contributed by atoms with van der Waals surface area (Å²) in [5, 5.41) is 3.96. The zero-order valence-electron chi connectivity index (χ0n) is 13.3. The molecule has 0 aromatic heterocycles. The van der Waals surface area contributed by atoms with Gasteiger partial charge in [-0.3, -0.25) is 4.90 Å².